The van der Waals surface area contributed by atoms with Crippen LogP contribution in [0.4, 0.5) is 5.69 Å². The molecule has 8 nitrogen and oxygen atoms in total. The minimum Gasteiger partial charge on any atom is -0.494 e. The molecule has 0 aliphatic carbocycles. The first-order chi connectivity index (χ1) is 20.5. The molecule has 0 heterocycles. The highest BCUT2D eigenvalue weighted by molar-refractivity contribution is 7.92. The normalized spacial score (nSPS) is 12.7. The number of aryl methyl sites for hydroxylation is 1. The van der Waals surface area contributed by atoms with Crippen LogP contribution < -0.4 is 14.4 Å². The molecule has 2 unspecified atom stereocenters. The maximum absolute atomic E-state index is 14.0. The Morgan fingerprint density at radius 3 is 2.21 bits per heavy atom. The highest BCUT2D eigenvalue weighted by atomic mass is 32.2. The van der Waals surface area contributed by atoms with Crippen LogP contribution in [0.2, 0.25) is 0 Å². The molecule has 3 aromatic carbocycles. The average Bonchev–Trinajstić information content (AvgIpc) is 2.97. The Labute approximate surface area is 257 Å². The second kappa shape index (κ2) is 16.1. The highest BCUT2D eigenvalue weighted by Gasteiger charge is 2.31. The molecule has 0 aliphatic heterocycles. The van der Waals surface area contributed by atoms with E-state index in [2.05, 4.69) is 5.32 Å². The van der Waals surface area contributed by atoms with Gasteiger partial charge in [-0.05, 0) is 69.0 Å². The van der Waals surface area contributed by atoms with Gasteiger partial charge in [0.25, 0.3) is 0 Å². The maximum atomic E-state index is 14.0. The van der Waals surface area contributed by atoms with Gasteiger partial charge in [0.15, 0.2) is 0 Å². The molecular formula is C34H45N3O5S. The summed E-state index contributed by atoms with van der Waals surface area (Å²) >= 11 is 0. The summed E-state index contributed by atoms with van der Waals surface area (Å²) in [6.45, 7) is 8.73. The van der Waals surface area contributed by atoms with Gasteiger partial charge in [0.05, 0.1) is 18.6 Å². The molecule has 0 radical (unpaired) electrons. The summed E-state index contributed by atoms with van der Waals surface area (Å²) in [6.07, 6.45) is 2.65. The molecule has 2 atom stereocenters. The van der Waals surface area contributed by atoms with Crippen molar-refractivity contribution in [2.45, 2.75) is 72.0 Å². The second-order valence-corrected chi connectivity index (χ2v) is 12.8. The number of hydrogen-bond donors (Lipinski definition) is 1. The third-order valence-corrected chi connectivity index (χ3v) is 8.49. The van der Waals surface area contributed by atoms with Crippen LogP contribution in [0.25, 0.3) is 0 Å². The van der Waals surface area contributed by atoms with Crippen molar-refractivity contribution < 1.29 is 22.7 Å². The van der Waals surface area contributed by atoms with Crippen molar-refractivity contribution in [3.63, 3.8) is 0 Å². The van der Waals surface area contributed by atoms with Crippen LogP contribution in [0.3, 0.4) is 0 Å². The van der Waals surface area contributed by atoms with Crippen molar-refractivity contribution in [3.8, 4) is 5.75 Å². The van der Waals surface area contributed by atoms with E-state index in [-0.39, 0.29) is 43.8 Å². The SMILES string of the molecule is CCOc1ccc(N(CCCC(=O)N(Cc2cccc(C)c2)C(Cc2ccccc2)C(=O)NC(C)CC)S(C)(=O)=O)cc1. The summed E-state index contributed by atoms with van der Waals surface area (Å²) in [5.41, 5.74) is 3.44. The summed E-state index contributed by atoms with van der Waals surface area (Å²) in [5.74, 6) is 0.245. The van der Waals surface area contributed by atoms with Gasteiger partial charge in [-0.2, -0.15) is 0 Å². The van der Waals surface area contributed by atoms with Gasteiger partial charge in [-0.25, -0.2) is 8.42 Å². The number of carbonyl (C=O) groups excluding carboxylic acids is 2. The molecular weight excluding hydrogens is 562 g/mol. The molecule has 2 amide bonds. The fourth-order valence-electron chi connectivity index (χ4n) is 4.88. The van der Waals surface area contributed by atoms with Crippen LogP contribution in [-0.4, -0.2) is 56.6 Å². The van der Waals surface area contributed by atoms with E-state index in [4.69, 9.17) is 4.74 Å². The van der Waals surface area contributed by atoms with Gasteiger partial charge in [0.1, 0.15) is 11.8 Å². The molecule has 9 heteroatoms. The predicted molar refractivity (Wildman–Crippen MR) is 173 cm³/mol. The van der Waals surface area contributed by atoms with Gasteiger partial charge < -0.3 is 15.0 Å². The van der Waals surface area contributed by atoms with Crippen molar-refractivity contribution >= 4 is 27.5 Å². The van der Waals surface area contributed by atoms with Crippen LogP contribution in [0.15, 0.2) is 78.9 Å². The number of rotatable bonds is 16. The monoisotopic (exact) mass is 607 g/mol. The summed E-state index contributed by atoms with van der Waals surface area (Å²) in [6, 6.07) is 23.7. The number of benzene rings is 3. The molecule has 0 saturated carbocycles. The lowest BCUT2D eigenvalue weighted by molar-refractivity contribution is -0.141. The van der Waals surface area contributed by atoms with Crippen molar-refractivity contribution in [2.24, 2.45) is 0 Å². The van der Waals surface area contributed by atoms with Crippen molar-refractivity contribution in [3.05, 3.63) is 95.6 Å². The zero-order valence-electron chi connectivity index (χ0n) is 26.0. The zero-order valence-corrected chi connectivity index (χ0v) is 26.8. The van der Waals surface area contributed by atoms with E-state index in [0.717, 1.165) is 29.4 Å². The zero-order chi connectivity index (χ0) is 31.4. The summed E-state index contributed by atoms with van der Waals surface area (Å²) in [7, 11) is -3.60. The lowest BCUT2D eigenvalue weighted by atomic mass is 10.0. The Bertz CT molecular complexity index is 1430. The van der Waals surface area contributed by atoms with E-state index in [9.17, 15) is 18.0 Å². The van der Waals surface area contributed by atoms with Crippen LogP contribution in [0.1, 0.15) is 56.7 Å². The summed E-state index contributed by atoms with van der Waals surface area (Å²) < 4.78 is 32.2. The molecule has 0 fully saturated rings. The smallest absolute Gasteiger partial charge is 0.243 e. The lowest BCUT2D eigenvalue weighted by Gasteiger charge is -2.33. The fraction of sp³-hybridized carbons (Fsp3) is 0.412. The molecule has 1 N–H and O–H groups in total. The van der Waals surface area contributed by atoms with Crippen LogP contribution in [-0.2, 0) is 32.6 Å². The fourth-order valence-corrected chi connectivity index (χ4v) is 5.85. The summed E-state index contributed by atoms with van der Waals surface area (Å²) in [5, 5.41) is 3.08. The Balaban J connectivity index is 1.87. The molecule has 0 aliphatic rings. The molecule has 0 aromatic heterocycles. The van der Waals surface area contributed by atoms with E-state index >= 15 is 0 Å². The Hall–Kier alpha value is -3.85. The first kappa shape index (κ1) is 33.6. The first-order valence-corrected chi connectivity index (χ1v) is 16.8. The largest absolute Gasteiger partial charge is 0.494 e. The minimum atomic E-state index is -3.60. The third-order valence-electron chi connectivity index (χ3n) is 7.30. The molecule has 0 saturated heterocycles. The number of nitrogens with zero attached hydrogens (tertiary/aromatic N) is 2. The minimum absolute atomic E-state index is 0.0425. The van der Waals surface area contributed by atoms with Crippen molar-refractivity contribution in [1.29, 1.82) is 0 Å². The maximum Gasteiger partial charge on any atom is 0.243 e. The number of hydrogen-bond acceptors (Lipinski definition) is 5. The van der Waals surface area contributed by atoms with Crippen LogP contribution in [0, 0.1) is 6.92 Å². The van der Waals surface area contributed by atoms with E-state index < -0.39 is 16.1 Å². The predicted octanol–water partition coefficient (Wildman–Crippen LogP) is 5.49. The molecule has 43 heavy (non-hydrogen) atoms. The van der Waals surface area contributed by atoms with Crippen molar-refractivity contribution in [2.75, 3.05) is 23.7 Å². The van der Waals surface area contributed by atoms with Gasteiger partial charge in [0, 0.05) is 32.0 Å². The number of sulfonamides is 1. The number of ether oxygens (including phenoxy) is 1. The van der Waals surface area contributed by atoms with E-state index in [1.807, 2.05) is 82.3 Å². The van der Waals surface area contributed by atoms with Crippen molar-refractivity contribution in [1.82, 2.24) is 10.2 Å². The molecule has 3 rings (SSSR count). The Morgan fingerprint density at radius 1 is 0.930 bits per heavy atom. The Kier molecular flexibility index (Phi) is 12.6. The molecule has 0 bridgehead atoms. The molecule has 0 spiro atoms. The average molecular weight is 608 g/mol. The second-order valence-electron chi connectivity index (χ2n) is 10.9. The van der Waals surface area contributed by atoms with E-state index in [1.54, 1.807) is 29.2 Å². The lowest BCUT2D eigenvalue weighted by Crippen LogP contribution is -2.52. The highest BCUT2D eigenvalue weighted by Crippen LogP contribution is 2.23. The standard InChI is InChI=1S/C34H45N3O5S/c1-6-27(4)35-34(39)32(24-28-14-9-8-10-15-28)36(25-29-16-11-13-26(3)23-29)33(38)17-12-22-37(43(5,40)41)30-18-20-31(21-19-30)42-7-2/h8-11,13-16,18-21,23,27,32H,6-7,12,17,22,24-25H2,1-5H3,(H,35,39). The molecule has 3 aromatic rings. The number of amides is 2. The third kappa shape index (κ3) is 10.4. The van der Waals surface area contributed by atoms with E-state index in [1.165, 1.54) is 4.31 Å². The summed E-state index contributed by atoms with van der Waals surface area (Å²) in [4.78, 5) is 29.3. The van der Waals surface area contributed by atoms with Gasteiger partial charge in [-0.3, -0.25) is 13.9 Å². The quantitative estimate of drug-likeness (QED) is 0.232. The number of carbonyl (C=O) groups is 2. The van der Waals surface area contributed by atoms with Crippen LogP contribution in [0.5, 0.6) is 5.75 Å². The molecule has 232 valence electrons. The first-order valence-electron chi connectivity index (χ1n) is 14.9. The number of anilines is 1. The van der Waals surface area contributed by atoms with Gasteiger partial charge in [0.2, 0.25) is 21.8 Å². The van der Waals surface area contributed by atoms with Gasteiger partial charge in [-0.15, -0.1) is 0 Å². The van der Waals surface area contributed by atoms with Gasteiger partial charge >= 0.3 is 0 Å². The van der Waals surface area contributed by atoms with E-state index in [0.29, 0.717) is 24.5 Å². The topological polar surface area (TPSA) is 96.0 Å². The number of nitrogens with one attached hydrogen (secondary N) is 1. The van der Waals surface area contributed by atoms with Crippen LogP contribution >= 0.6 is 0 Å². The van der Waals surface area contributed by atoms with Gasteiger partial charge in [-0.1, -0.05) is 67.1 Å². The Morgan fingerprint density at radius 2 is 1.60 bits per heavy atom.